The number of hydrogen-bond donors (Lipinski definition) is 0. The highest BCUT2D eigenvalue weighted by Crippen LogP contribution is 2.44. The molecule has 1 fully saturated rings. The Morgan fingerprint density at radius 2 is 1.81 bits per heavy atom. The van der Waals surface area contributed by atoms with Crippen LogP contribution in [0.1, 0.15) is 55.7 Å². The van der Waals surface area contributed by atoms with E-state index in [0.717, 1.165) is 29.7 Å². The summed E-state index contributed by atoms with van der Waals surface area (Å²) in [5, 5.41) is 0. The fraction of sp³-hybridized carbons (Fsp3) is 0.611. The van der Waals surface area contributed by atoms with E-state index in [9.17, 15) is 9.18 Å². The molecule has 0 saturated heterocycles. The Morgan fingerprint density at radius 1 is 1.19 bits per heavy atom. The second kappa shape index (κ2) is 5.11. The molecule has 0 spiro atoms. The molecule has 0 aromatic heterocycles. The van der Waals surface area contributed by atoms with Crippen molar-refractivity contribution in [2.24, 2.45) is 5.92 Å². The number of fused-ring (bicyclic) bond motifs is 1. The third-order valence-electron chi connectivity index (χ3n) is 5.22. The monoisotopic (exact) mass is 289 g/mol. The molecule has 1 unspecified atom stereocenters. The maximum absolute atomic E-state index is 14.9. The molecule has 1 aliphatic carbocycles. The van der Waals surface area contributed by atoms with Crippen LogP contribution in [0.2, 0.25) is 0 Å². The van der Waals surface area contributed by atoms with Crippen LogP contribution in [0.25, 0.3) is 0 Å². The molecule has 3 rings (SSSR count). The van der Waals surface area contributed by atoms with Gasteiger partial charge in [0.2, 0.25) is 5.67 Å². The standard InChI is InChI=1S/C18H24FNO/c1-12-9-15-16(10-13(12)2)20(17(21)18(15,3)19)11-14-7-5-4-6-8-14/h9-10,14H,4-8,11H2,1-3H3. The maximum Gasteiger partial charge on any atom is 0.269 e. The number of halogens is 1. The molecule has 1 aromatic rings. The van der Waals surface area contributed by atoms with Gasteiger partial charge >= 0.3 is 0 Å². The van der Waals surface area contributed by atoms with E-state index in [-0.39, 0.29) is 5.91 Å². The summed E-state index contributed by atoms with van der Waals surface area (Å²) in [5.41, 5.74) is 1.63. The minimum Gasteiger partial charge on any atom is -0.309 e. The molecule has 0 radical (unpaired) electrons. The van der Waals surface area contributed by atoms with Crippen LogP contribution in [0.3, 0.4) is 0 Å². The molecule has 21 heavy (non-hydrogen) atoms. The summed E-state index contributed by atoms with van der Waals surface area (Å²) in [7, 11) is 0. The summed E-state index contributed by atoms with van der Waals surface area (Å²) in [4.78, 5) is 14.2. The average molecular weight is 289 g/mol. The normalized spacial score (nSPS) is 26.3. The second-order valence-corrected chi connectivity index (χ2v) is 6.88. The van der Waals surface area contributed by atoms with Gasteiger partial charge in [-0.2, -0.15) is 0 Å². The summed E-state index contributed by atoms with van der Waals surface area (Å²) in [6.07, 6.45) is 6.08. The molecule has 2 nitrogen and oxygen atoms in total. The quantitative estimate of drug-likeness (QED) is 0.789. The maximum atomic E-state index is 14.9. The van der Waals surface area contributed by atoms with Crippen LogP contribution in [0.15, 0.2) is 12.1 Å². The van der Waals surface area contributed by atoms with Gasteiger partial charge in [0.15, 0.2) is 0 Å². The lowest BCUT2D eigenvalue weighted by molar-refractivity contribution is -0.128. The number of rotatable bonds is 2. The molecule has 1 saturated carbocycles. The van der Waals surface area contributed by atoms with Crippen molar-refractivity contribution in [1.29, 1.82) is 0 Å². The molecule has 1 aliphatic heterocycles. The van der Waals surface area contributed by atoms with E-state index in [4.69, 9.17) is 0 Å². The van der Waals surface area contributed by atoms with Crippen molar-refractivity contribution in [2.45, 2.75) is 58.5 Å². The topological polar surface area (TPSA) is 20.3 Å². The molecule has 3 heteroatoms. The number of amides is 1. The van der Waals surface area contributed by atoms with E-state index in [1.165, 1.54) is 26.2 Å². The minimum absolute atomic E-state index is 0.381. The SMILES string of the molecule is Cc1cc2c(cc1C)C(C)(F)C(=O)N2CC1CCCCC1. The van der Waals surface area contributed by atoms with Gasteiger partial charge in [-0.05, 0) is 62.8 Å². The Balaban J connectivity index is 1.95. The van der Waals surface area contributed by atoms with Crippen molar-refractivity contribution >= 4 is 11.6 Å². The van der Waals surface area contributed by atoms with Crippen LogP contribution >= 0.6 is 0 Å². The van der Waals surface area contributed by atoms with E-state index < -0.39 is 5.67 Å². The Hall–Kier alpha value is -1.38. The van der Waals surface area contributed by atoms with E-state index >= 15 is 0 Å². The highest BCUT2D eigenvalue weighted by molar-refractivity contribution is 6.06. The van der Waals surface area contributed by atoms with Gasteiger partial charge in [-0.1, -0.05) is 19.3 Å². The van der Waals surface area contributed by atoms with Crippen molar-refractivity contribution in [3.8, 4) is 0 Å². The predicted molar refractivity (Wildman–Crippen MR) is 83.3 cm³/mol. The van der Waals surface area contributed by atoms with E-state index in [0.29, 0.717) is 18.0 Å². The fourth-order valence-corrected chi connectivity index (χ4v) is 3.69. The molecule has 1 atom stereocenters. The second-order valence-electron chi connectivity index (χ2n) is 6.88. The number of anilines is 1. The molecular formula is C18H24FNO. The van der Waals surface area contributed by atoms with Crippen LogP contribution in [0.4, 0.5) is 10.1 Å². The van der Waals surface area contributed by atoms with E-state index in [1.807, 2.05) is 26.0 Å². The smallest absolute Gasteiger partial charge is 0.269 e. The van der Waals surface area contributed by atoms with Gasteiger partial charge in [0.1, 0.15) is 0 Å². The van der Waals surface area contributed by atoms with Gasteiger partial charge in [-0.15, -0.1) is 0 Å². The number of carbonyl (C=O) groups excluding carboxylic acids is 1. The molecule has 1 aromatic carbocycles. The van der Waals surface area contributed by atoms with E-state index in [1.54, 1.807) is 4.90 Å². The molecule has 2 aliphatic rings. The average Bonchev–Trinajstić information content (AvgIpc) is 2.63. The first-order valence-corrected chi connectivity index (χ1v) is 8.04. The zero-order valence-corrected chi connectivity index (χ0v) is 13.2. The van der Waals surface area contributed by atoms with Gasteiger partial charge in [-0.25, -0.2) is 4.39 Å². The third kappa shape index (κ3) is 2.37. The van der Waals surface area contributed by atoms with Crippen LogP contribution in [0, 0.1) is 19.8 Å². The lowest BCUT2D eigenvalue weighted by Gasteiger charge is -2.27. The molecule has 0 N–H and O–H groups in total. The molecule has 0 bridgehead atoms. The Labute approximate surface area is 126 Å². The molecular weight excluding hydrogens is 265 g/mol. The largest absolute Gasteiger partial charge is 0.309 e. The summed E-state index contributed by atoms with van der Waals surface area (Å²) in [5.74, 6) is 0.138. The summed E-state index contributed by atoms with van der Waals surface area (Å²) in [6.45, 7) is 6.07. The molecule has 1 amide bonds. The van der Waals surface area contributed by atoms with Gasteiger partial charge in [0.05, 0.1) is 5.69 Å². The van der Waals surface area contributed by atoms with Crippen LogP contribution in [-0.2, 0) is 10.5 Å². The number of carbonyl (C=O) groups is 1. The Morgan fingerprint density at radius 3 is 2.48 bits per heavy atom. The van der Waals surface area contributed by atoms with Crippen molar-refractivity contribution in [1.82, 2.24) is 0 Å². The first-order chi connectivity index (χ1) is 9.91. The van der Waals surface area contributed by atoms with Crippen molar-refractivity contribution in [3.05, 3.63) is 28.8 Å². The first-order valence-electron chi connectivity index (χ1n) is 8.04. The van der Waals surface area contributed by atoms with Gasteiger partial charge in [-0.3, -0.25) is 4.79 Å². The minimum atomic E-state index is -1.87. The number of hydrogen-bond acceptors (Lipinski definition) is 1. The number of aryl methyl sites for hydroxylation is 2. The van der Waals surface area contributed by atoms with Crippen molar-refractivity contribution in [2.75, 3.05) is 11.4 Å². The van der Waals surface area contributed by atoms with Gasteiger partial charge < -0.3 is 4.90 Å². The van der Waals surface area contributed by atoms with Crippen LogP contribution in [0.5, 0.6) is 0 Å². The van der Waals surface area contributed by atoms with Crippen LogP contribution < -0.4 is 4.90 Å². The highest BCUT2D eigenvalue weighted by Gasteiger charge is 2.48. The van der Waals surface area contributed by atoms with Crippen molar-refractivity contribution in [3.63, 3.8) is 0 Å². The number of benzene rings is 1. The number of nitrogens with zero attached hydrogens (tertiary/aromatic N) is 1. The van der Waals surface area contributed by atoms with Gasteiger partial charge in [0.25, 0.3) is 5.91 Å². The van der Waals surface area contributed by atoms with E-state index in [2.05, 4.69) is 0 Å². The Bertz CT molecular complexity index is 573. The van der Waals surface area contributed by atoms with Gasteiger partial charge in [0, 0.05) is 12.1 Å². The summed E-state index contributed by atoms with van der Waals surface area (Å²) in [6, 6.07) is 3.83. The fourth-order valence-electron chi connectivity index (χ4n) is 3.69. The summed E-state index contributed by atoms with van der Waals surface area (Å²) >= 11 is 0. The predicted octanol–water partition coefficient (Wildman–Crippen LogP) is 4.42. The Kier molecular flexibility index (Phi) is 3.54. The summed E-state index contributed by atoms with van der Waals surface area (Å²) < 4.78 is 14.9. The number of alkyl halides is 1. The molecule has 114 valence electrons. The zero-order valence-electron chi connectivity index (χ0n) is 13.2. The lowest BCUT2D eigenvalue weighted by Crippen LogP contribution is -2.38. The van der Waals surface area contributed by atoms with Crippen molar-refractivity contribution < 1.29 is 9.18 Å². The first kappa shape index (κ1) is 14.6. The zero-order chi connectivity index (χ0) is 15.2. The third-order valence-corrected chi connectivity index (χ3v) is 5.22. The molecule has 1 heterocycles. The van der Waals surface area contributed by atoms with Crippen LogP contribution in [-0.4, -0.2) is 12.5 Å². The highest BCUT2D eigenvalue weighted by atomic mass is 19.1. The lowest BCUT2D eigenvalue weighted by atomic mass is 9.89.